The van der Waals surface area contributed by atoms with Crippen molar-refractivity contribution < 1.29 is 9.47 Å². The van der Waals surface area contributed by atoms with Gasteiger partial charge in [0.15, 0.2) is 0 Å². The van der Waals surface area contributed by atoms with Crippen molar-refractivity contribution in [2.24, 2.45) is 0 Å². The van der Waals surface area contributed by atoms with Gasteiger partial charge in [-0.25, -0.2) is 0 Å². The molecule has 0 saturated carbocycles. The highest BCUT2D eigenvalue weighted by Crippen LogP contribution is 2.28. The Bertz CT molecular complexity index is 742. The molecule has 24 heavy (non-hydrogen) atoms. The molecule has 0 saturated heterocycles. The quantitative estimate of drug-likeness (QED) is 0.338. The van der Waals surface area contributed by atoms with Crippen LogP contribution in [0.15, 0.2) is 54.6 Å². The Morgan fingerprint density at radius 2 is 1.38 bits per heavy atom. The van der Waals surface area contributed by atoms with E-state index in [1.807, 2.05) is 0 Å². The number of nitrogens with zero attached hydrogens (tertiary/aromatic N) is 1. The second-order valence-electron chi connectivity index (χ2n) is 5.90. The van der Waals surface area contributed by atoms with Crippen LogP contribution in [-0.4, -0.2) is 31.5 Å². The molecule has 0 bridgehead atoms. The lowest BCUT2D eigenvalue weighted by Gasteiger charge is -2.18. The predicted octanol–water partition coefficient (Wildman–Crippen LogP) is 4.78. The third-order valence-corrected chi connectivity index (χ3v) is 4.46. The summed E-state index contributed by atoms with van der Waals surface area (Å²) >= 11 is 0. The lowest BCUT2D eigenvalue weighted by molar-refractivity contribution is -0.0936. The molecular weight excluding hydrogens is 298 g/mol. The van der Waals surface area contributed by atoms with E-state index in [1.54, 1.807) is 0 Å². The number of hydrogen-bond donors (Lipinski definition) is 0. The van der Waals surface area contributed by atoms with Gasteiger partial charge in [0.25, 0.3) is 0 Å². The number of benzene rings is 3. The second kappa shape index (κ2) is 8.25. The highest BCUT2D eigenvalue weighted by molar-refractivity contribution is 6.02. The second-order valence-corrected chi connectivity index (χ2v) is 5.90. The monoisotopic (exact) mass is 323 g/mol. The Morgan fingerprint density at radius 1 is 0.792 bits per heavy atom. The smallest absolute Gasteiger partial charge is 0.148 e. The Morgan fingerprint density at radius 3 is 1.96 bits per heavy atom. The van der Waals surface area contributed by atoms with Gasteiger partial charge in [0.1, 0.15) is 13.5 Å². The fourth-order valence-electron chi connectivity index (χ4n) is 3.04. The molecule has 3 heteroatoms. The first-order valence-electron chi connectivity index (χ1n) is 8.60. The summed E-state index contributed by atoms with van der Waals surface area (Å²) in [7, 11) is 0. The van der Waals surface area contributed by atoms with Crippen molar-refractivity contribution in [1.82, 2.24) is 4.90 Å². The maximum atomic E-state index is 5.83. The third-order valence-electron chi connectivity index (χ3n) is 4.46. The summed E-state index contributed by atoms with van der Waals surface area (Å²) in [4.78, 5) is 2.22. The average Bonchev–Trinajstić information content (AvgIpc) is 2.64. The van der Waals surface area contributed by atoms with E-state index in [-0.39, 0.29) is 0 Å². The van der Waals surface area contributed by atoms with E-state index in [9.17, 15) is 0 Å². The summed E-state index contributed by atoms with van der Waals surface area (Å²) in [6, 6.07) is 19.2. The molecule has 0 fully saturated rings. The molecule has 0 N–H and O–H groups in total. The molecule has 3 aromatic rings. The molecule has 3 aromatic carbocycles. The van der Waals surface area contributed by atoms with Crippen molar-refractivity contribution in [1.29, 1.82) is 0 Å². The molecule has 0 unspecified atom stereocenters. The molecular formula is C21H25NO2. The van der Waals surface area contributed by atoms with Gasteiger partial charge in [-0.05, 0) is 46.3 Å². The van der Waals surface area contributed by atoms with Crippen LogP contribution in [0, 0.1) is 0 Å². The van der Waals surface area contributed by atoms with Crippen molar-refractivity contribution >= 4 is 21.5 Å². The van der Waals surface area contributed by atoms with Crippen LogP contribution in [0.25, 0.3) is 21.5 Å². The van der Waals surface area contributed by atoms with Gasteiger partial charge in [-0.3, -0.25) is 4.90 Å². The molecule has 0 aromatic heterocycles. The van der Waals surface area contributed by atoms with Crippen molar-refractivity contribution in [3.63, 3.8) is 0 Å². The minimum absolute atomic E-state index is 0.314. The largest absolute Gasteiger partial charge is 0.351 e. The van der Waals surface area contributed by atoms with Crippen molar-refractivity contribution in [2.75, 3.05) is 26.6 Å². The first-order chi connectivity index (χ1) is 11.8. The van der Waals surface area contributed by atoms with Crippen molar-refractivity contribution in [3.05, 3.63) is 60.2 Å². The summed E-state index contributed by atoms with van der Waals surface area (Å²) in [5.41, 5.74) is 1.23. The van der Waals surface area contributed by atoms with Crippen molar-refractivity contribution in [3.8, 4) is 0 Å². The zero-order valence-electron chi connectivity index (χ0n) is 14.5. The van der Waals surface area contributed by atoms with Crippen molar-refractivity contribution in [2.45, 2.75) is 20.5 Å². The van der Waals surface area contributed by atoms with Crippen LogP contribution in [0.5, 0.6) is 0 Å². The molecule has 3 rings (SSSR count). The fourth-order valence-corrected chi connectivity index (χ4v) is 3.04. The predicted molar refractivity (Wildman–Crippen MR) is 100.0 cm³/mol. The first kappa shape index (κ1) is 16.9. The van der Waals surface area contributed by atoms with Crippen LogP contribution in [-0.2, 0) is 16.1 Å². The molecule has 0 radical (unpaired) electrons. The first-order valence-corrected chi connectivity index (χ1v) is 8.60. The maximum absolute atomic E-state index is 5.83. The lowest BCUT2D eigenvalue weighted by atomic mass is 9.97. The van der Waals surface area contributed by atoms with Gasteiger partial charge >= 0.3 is 0 Å². The highest BCUT2D eigenvalue weighted by atomic mass is 16.7. The molecule has 0 amide bonds. The van der Waals surface area contributed by atoms with Gasteiger partial charge in [-0.15, -0.1) is 0 Å². The Balaban J connectivity index is 1.75. The maximum Gasteiger partial charge on any atom is 0.148 e. The Kier molecular flexibility index (Phi) is 5.81. The van der Waals surface area contributed by atoms with Gasteiger partial charge < -0.3 is 9.47 Å². The molecule has 0 aliphatic heterocycles. The van der Waals surface area contributed by atoms with Gasteiger partial charge in [-0.1, -0.05) is 62.4 Å². The number of rotatable bonds is 8. The molecule has 126 valence electrons. The summed E-state index contributed by atoms with van der Waals surface area (Å²) < 4.78 is 11.5. The van der Waals surface area contributed by atoms with Crippen LogP contribution in [0.2, 0.25) is 0 Å². The zero-order valence-corrected chi connectivity index (χ0v) is 14.5. The zero-order chi connectivity index (χ0) is 16.8. The van der Waals surface area contributed by atoms with Crippen LogP contribution >= 0.6 is 0 Å². The summed E-state index contributed by atoms with van der Waals surface area (Å²) in [6.07, 6.45) is 0. The Hall–Kier alpha value is -1.94. The van der Waals surface area contributed by atoms with E-state index >= 15 is 0 Å². The third kappa shape index (κ3) is 3.75. The van der Waals surface area contributed by atoms with Crippen LogP contribution in [0.3, 0.4) is 0 Å². The average molecular weight is 323 g/mol. The normalized spacial score (nSPS) is 11.6. The molecule has 0 heterocycles. The lowest BCUT2D eigenvalue weighted by Crippen LogP contribution is -2.26. The summed E-state index contributed by atoms with van der Waals surface area (Å²) in [6.45, 7) is 7.73. The summed E-state index contributed by atoms with van der Waals surface area (Å²) in [5, 5.41) is 5.00. The molecule has 0 spiro atoms. The number of fused-ring (bicyclic) bond motifs is 2. The van der Waals surface area contributed by atoms with E-state index in [4.69, 9.17) is 9.47 Å². The van der Waals surface area contributed by atoms with Crippen LogP contribution in [0.1, 0.15) is 19.4 Å². The molecule has 3 nitrogen and oxygen atoms in total. The van der Waals surface area contributed by atoms with E-state index in [0.29, 0.717) is 20.1 Å². The number of ether oxygens (including phenoxy) is 2. The van der Waals surface area contributed by atoms with E-state index in [2.05, 4.69) is 73.3 Å². The van der Waals surface area contributed by atoms with Crippen LogP contribution < -0.4 is 0 Å². The van der Waals surface area contributed by atoms with Gasteiger partial charge in [0, 0.05) is 0 Å². The minimum atomic E-state index is 0.314. The summed E-state index contributed by atoms with van der Waals surface area (Å²) in [5.74, 6) is 0. The topological polar surface area (TPSA) is 21.7 Å². The number of hydrogen-bond acceptors (Lipinski definition) is 3. The van der Waals surface area contributed by atoms with Crippen LogP contribution in [0.4, 0.5) is 0 Å². The molecule has 0 aliphatic rings. The van der Waals surface area contributed by atoms with Gasteiger partial charge in [0.05, 0.1) is 6.61 Å². The highest BCUT2D eigenvalue weighted by Gasteiger charge is 2.07. The van der Waals surface area contributed by atoms with Gasteiger partial charge in [0.2, 0.25) is 0 Å². The minimum Gasteiger partial charge on any atom is -0.351 e. The molecule has 0 atom stereocenters. The van der Waals surface area contributed by atoms with Gasteiger partial charge in [-0.2, -0.15) is 0 Å². The van der Waals surface area contributed by atoms with E-state index < -0.39 is 0 Å². The Labute approximate surface area is 143 Å². The van der Waals surface area contributed by atoms with E-state index in [1.165, 1.54) is 27.1 Å². The van der Waals surface area contributed by atoms with E-state index in [0.717, 1.165) is 13.1 Å². The standard InChI is InChI=1S/C21H25NO2/c1-3-22(4-2)15-24-16-23-14-21-19-11-7-5-9-17(19)13-18-10-6-8-12-20(18)21/h5-13H,3-4,14-16H2,1-2H3. The fraction of sp³-hybridized carbons (Fsp3) is 0.333. The SMILES string of the molecule is CCN(CC)COCOCc1c2ccccc2cc2ccccc12. The molecule has 0 aliphatic carbocycles.